The van der Waals surface area contributed by atoms with Gasteiger partial charge in [0.1, 0.15) is 0 Å². The number of nitrogens with zero attached hydrogens (tertiary/aromatic N) is 2. The molecule has 0 saturated carbocycles. The summed E-state index contributed by atoms with van der Waals surface area (Å²) in [5.74, 6) is 0.0520. The molecule has 1 heterocycles. The highest BCUT2D eigenvalue weighted by atomic mass is 16.2. The van der Waals surface area contributed by atoms with Crippen LogP contribution in [0.4, 0.5) is 5.69 Å². The first kappa shape index (κ1) is 16.0. The molecule has 1 atom stereocenters. The van der Waals surface area contributed by atoms with Crippen molar-refractivity contribution >= 4 is 11.6 Å². The van der Waals surface area contributed by atoms with E-state index in [-0.39, 0.29) is 11.9 Å². The Morgan fingerprint density at radius 3 is 2.55 bits per heavy atom. The smallest absolute Gasteiger partial charge is 0.256 e. The lowest BCUT2D eigenvalue weighted by molar-refractivity contribution is 0.0672. The van der Waals surface area contributed by atoms with E-state index in [2.05, 4.69) is 24.1 Å². The predicted octanol–water partition coefficient (Wildman–Crippen LogP) is 3.56. The summed E-state index contributed by atoms with van der Waals surface area (Å²) in [5.41, 5.74) is 2.65. The lowest BCUT2D eigenvalue weighted by Crippen LogP contribution is -2.38. The first-order valence-corrected chi connectivity index (χ1v) is 7.64. The van der Waals surface area contributed by atoms with Gasteiger partial charge in [0.25, 0.3) is 5.91 Å². The Morgan fingerprint density at radius 1 is 1.23 bits per heavy atom. The van der Waals surface area contributed by atoms with Crippen LogP contribution in [0.5, 0.6) is 0 Å². The van der Waals surface area contributed by atoms with Crippen LogP contribution in [0.1, 0.15) is 36.2 Å². The Balaban J connectivity index is 2.30. The number of hydrogen-bond acceptors (Lipinski definition) is 3. The molecule has 0 radical (unpaired) electrons. The largest absolute Gasteiger partial charge is 0.387 e. The number of carbonyl (C=O) groups is 1. The average Bonchev–Trinajstić information content (AvgIpc) is 2.59. The normalized spacial score (nSPS) is 11.8. The van der Waals surface area contributed by atoms with Crippen LogP contribution in [0.3, 0.4) is 0 Å². The number of benzene rings is 1. The maximum atomic E-state index is 13.0. The van der Waals surface area contributed by atoms with Crippen molar-refractivity contribution < 1.29 is 4.79 Å². The summed E-state index contributed by atoms with van der Waals surface area (Å²) < 4.78 is 0. The van der Waals surface area contributed by atoms with Crippen molar-refractivity contribution in [2.75, 3.05) is 12.4 Å². The molecule has 2 aromatic rings. The second-order valence-electron chi connectivity index (χ2n) is 5.34. The van der Waals surface area contributed by atoms with Gasteiger partial charge in [-0.1, -0.05) is 19.1 Å². The molecular weight excluding hydrogens is 274 g/mol. The number of para-hydroxylation sites is 1. The second-order valence-corrected chi connectivity index (χ2v) is 5.34. The number of nitrogens with one attached hydrogen (secondary N) is 1. The van der Waals surface area contributed by atoms with Crippen molar-refractivity contribution in [2.45, 2.75) is 32.9 Å². The van der Waals surface area contributed by atoms with Gasteiger partial charge < -0.3 is 10.2 Å². The predicted molar refractivity (Wildman–Crippen MR) is 89.9 cm³/mol. The van der Waals surface area contributed by atoms with E-state index in [1.165, 1.54) is 0 Å². The van der Waals surface area contributed by atoms with Crippen molar-refractivity contribution in [3.63, 3.8) is 0 Å². The van der Waals surface area contributed by atoms with E-state index in [4.69, 9.17) is 0 Å². The first-order valence-electron chi connectivity index (χ1n) is 7.64. The van der Waals surface area contributed by atoms with Gasteiger partial charge in [0.05, 0.1) is 5.56 Å². The van der Waals surface area contributed by atoms with Gasteiger partial charge in [0.15, 0.2) is 0 Å². The summed E-state index contributed by atoms with van der Waals surface area (Å²) in [7, 11) is 1.84. The van der Waals surface area contributed by atoms with Gasteiger partial charge in [-0.3, -0.25) is 9.78 Å². The number of pyridine rings is 1. The Labute approximate surface area is 132 Å². The fourth-order valence-corrected chi connectivity index (χ4v) is 2.38. The number of anilines is 1. The fraction of sp³-hybridized carbons (Fsp3) is 0.333. The van der Waals surface area contributed by atoms with Gasteiger partial charge >= 0.3 is 0 Å². The van der Waals surface area contributed by atoms with Crippen LogP contribution in [0.2, 0.25) is 0 Å². The molecular formula is C18H23N3O. The Kier molecular flexibility index (Phi) is 5.53. The zero-order chi connectivity index (χ0) is 15.9. The topological polar surface area (TPSA) is 45.2 Å². The van der Waals surface area contributed by atoms with Gasteiger partial charge in [-0.25, -0.2) is 0 Å². The van der Waals surface area contributed by atoms with Crippen LogP contribution in [-0.2, 0) is 6.54 Å². The number of carbonyl (C=O) groups excluding carboxylic acids is 1. The Hall–Kier alpha value is -2.36. The monoisotopic (exact) mass is 297 g/mol. The third-order valence-electron chi connectivity index (χ3n) is 3.91. The highest BCUT2D eigenvalue weighted by molar-refractivity contribution is 5.99. The lowest BCUT2D eigenvalue weighted by atomic mass is 10.1. The molecule has 2 rings (SSSR count). The Bertz CT molecular complexity index is 613. The van der Waals surface area contributed by atoms with E-state index < -0.39 is 0 Å². The molecule has 0 spiro atoms. The van der Waals surface area contributed by atoms with Crippen molar-refractivity contribution in [3.8, 4) is 0 Å². The standard InChI is InChI=1S/C18H23N3O/c1-4-14(2)21(13-15-9-11-20-12-10-15)18(22)16-7-5-6-8-17(16)19-3/h5-12,14,19H,4,13H2,1-3H3/t14-/m0/s1. The highest BCUT2D eigenvalue weighted by Crippen LogP contribution is 2.20. The molecule has 1 amide bonds. The van der Waals surface area contributed by atoms with E-state index >= 15 is 0 Å². The average molecular weight is 297 g/mol. The third kappa shape index (κ3) is 3.64. The van der Waals surface area contributed by atoms with Crippen LogP contribution >= 0.6 is 0 Å². The molecule has 0 saturated heterocycles. The molecule has 0 fully saturated rings. The van der Waals surface area contributed by atoms with Gasteiger partial charge in [-0.2, -0.15) is 0 Å². The summed E-state index contributed by atoms with van der Waals surface area (Å²) in [5, 5.41) is 3.09. The third-order valence-corrected chi connectivity index (χ3v) is 3.91. The fourth-order valence-electron chi connectivity index (χ4n) is 2.38. The van der Waals surface area contributed by atoms with E-state index in [0.717, 1.165) is 17.7 Å². The van der Waals surface area contributed by atoms with Crippen LogP contribution in [0.15, 0.2) is 48.8 Å². The lowest BCUT2D eigenvalue weighted by Gasteiger charge is -2.29. The molecule has 0 aliphatic carbocycles. The minimum absolute atomic E-state index is 0.0520. The number of aromatic nitrogens is 1. The summed E-state index contributed by atoms with van der Waals surface area (Å²) >= 11 is 0. The minimum Gasteiger partial charge on any atom is -0.387 e. The number of amides is 1. The summed E-state index contributed by atoms with van der Waals surface area (Å²) in [6, 6.07) is 11.7. The first-order chi connectivity index (χ1) is 10.7. The molecule has 1 N–H and O–H groups in total. The van der Waals surface area contributed by atoms with Gasteiger partial charge in [-0.05, 0) is 43.2 Å². The van der Waals surface area contributed by atoms with Crippen LogP contribution in [0, 0.1) is 0 Å². The van der Waals surface area contributed by atoms with E-state index in [1.54, 1.807) is 12.4 Å². The molecule has 0 aliphatic rings. The molecule has 0 unspecified atom stereocenters. The van der Waals surface area contributed by atoms with Crippen molar-refractivity contribution in [3.05, 3.63) is 59.9 Å². The SMILES string of the molecule is CC[C@H](C)N(Cc1ccncc1)C(=O)c1ccccc1NC. The summed E-state index contributed by atoms with van der Waals surface area (Å²) in [4.78, 5) is 19.0. The van der Waals surface area contributed by atoms with Gasteiger partial charge in [0.2, 0.25) is 0 Å². The van der Waals surface area contributed by atoms with E-state index in [1.807, 2.05) is 48.3 Å². The minimum atomic E-state index is 0.0520. The van der Waals surface area contributed by atoms with E-state index in [9.17, 15) is 4.79 Å². The maximum Gasteiger partial charge on any atom is 0.256 e. The van der Waals surface area contributed by atoms with Crippen LogP contribution in [0.25, 0.3) is 0 Å². The molecule has 1 aromatic heterocycles. The van der Waals surface area contributed by atoms with Crippen molar-refractivity contribution in [2.24, 2.45) is 0 Å². The molecule has 4 heteroatoms. The number of rotatable bonds is 6. The number of hydrogen-bond donors (Lipinski definition) is 1. The molecule has 0 aliphatic heterocycles. The Morgan fingerprint density at radius 2 is 1.91 bits per heavy atom. The van der Waals surface area contributed by atoms with Crippen molar-refractivity contribution in [1.82, 2.24) is 9.88 Å². The highest BCUT2D eigenvalue weighted by Gasteiger charge is 2.22. The summed E-state index contributed by atoms with van der Waals surface area (Å²) in [6.45, 7) is 4.77. The zero-order valence-electron chi connectivity index (χ0n) is 13.4. The molecule has 22 heavy (non-hydrogen) atoms. The van der Waals surface area contributed by atoms with E-state index in [0.29, 0.717) is 12.1 Å². The maximum absolute atomic E-state index is 13.0. The van der Waals surface area contributed by atoms with Crippen LogP contribution < -0.4 is 5.32 Å². The van der Waals surface area contributed by atoms with Gasteiger partial charge in [-0.15, -0.1) is 0 Å². The quantitative estimate of drug-likeness (QED) is 0.886. The molecule has 116 valence electrons. The molecule has 0 bridgehead atoms. The molecule has 4 nitrogen and oxygen atoms in total. The van der Waals surface area contributed by atoms with Crippen molar-refractivity contribution in [1.29, 1.82) is 0 Å². The summed E-state index contributed by atoms with van der Waals surface area (Å²) in [6.07, 6.45) is 4.44. The van der Waals surface area contributed by atoms with Crippen LogP contribution in [-0.4, -0.2) is 28.9 Å². The second kappa shape index (κ2) is 7.59. The zero-order valence-corrected chi connectivity index (χ0v) is 13.4. The molecule has 1 aromatic carbocycles. The van der Waals surface area contributed by atoms with Gasteiger partial charge in [0, 0.05) is 37.7 Å².